The van der Waals surface area contributed by atoms with Crippen LogP contribution in [0.5, 0.6) is 0 Å². The molecule has 4 N–H and O–H groups in total. The minimum absolute atomic E-state index is 0. The zero-order valence-electron chi connectivity index (χ0n) is 12.5. The SMILES string of the molecule is O=C(O)c1ccccc1C(=O)O.O=C(O)c1ccccc1C(=O)O.[Pb+2]. The largest absolute Gasteiger partial charge is 2.00 e. The third-order valence-corrected chi connectivity index (χ3v) is 2.78. The molecule has 126 valence electrons. The van der Waals surface area contributed by atoms with Crippen LogP contribution in [0, 0.1) is 0 Å². The molecule has 0 aliphatic rings. The summed E-state index contributed by atoms with van der Waals surface area (Å²) in [7, 11) is 0. The Morgan fingerprint density at radius 2 is 0.640 bits per heavy atom. The van der Waals surface area contributed by atoms with Crippen molar-refractivity contribution in [2.24, 2.45) is 0 Å². The number of rotatable bonds is 4. The van der Waals surface area contributed by atoms with Gasteiger partial charge in [0.1, 0.15) is 0 Å². The molecule has 9 heteroatoms. The molecule has 0 fully saturated rings. The van der Waals surface area contributed by atoms with Gasteiger partial charge in [-0.25, -0.2) is 19.2 Å². The molecule has 0 spiro atoms. The molecule has 0 heterocycles. The van der Waals surface area contributed by atoms with Crippen LogP contribution in [-0.2, 0) is 0 Å². The molecule has 0 saturated heterocycles. The van der Waals surface area contributed by atoms with Crippen molar-refractivity contribution >= 4 is 51.2 Å². The Labute approximate surface area is 161 Å². The van der Waals surface area contributed by atoms with Gasteiger partial charge in [0.05, 0.1) is 22.3 Å². The van der Waals surface area contributed by atoms with Crippen LogP contribution in [0.3, 0.4) is 0 Å². The smallest absolute Gasteiger partial charge is 0.478 e. The average molecular weight is 539 g/mol. The van der Waals surface area contributed by atoms with Crippen LogP contribution >= 0.6 is 0 Å². The Bertz CT molecular complexity index is 667. The predicted octanol–water partition coefficient (Wildman–Crippen LogP) is 1.79. The van der Waals surface area contributed by atoms with Crippen LogP contribution < -0.4 is 0 Å². The van der Waals surface area contributed by atoms with Gasteiger partial charge in [-0.15, -0.1) is 0 Å². The van der Waals surface area contributed by atoms with E-state index >= 15 is 0 Å². The van der Waals surface area contributed by atoms with E-state index in [1.165, 1.54) is 48.5 Å². The molecule has 0 aromatic heterocycles. The first-order valence-electron chi connectivity index (χ1n) is 6.37. The summed E-state index contributed by atoms with van der Waals surface area (Å²) >= 11 is 0. The summed E-state index contributed by atoms with van der Waals surface area (Å²) in [6.07, 6.45) is 0. The second-order valence-electron chi connectivity index (χ2n) is 4.31. The molecule has 0 amide bonds. The fourth-order valence-electron chi connectivity index (χ4n) is 1.71. The quantitative estimate of drug-likeness (QED) is 0.430. The molecule has 0 aliphatic carbocycles. The van der Waals surface area contributed by atoms with Gasteiger partial charge < -0.3 is 20.4 Å². The first kappa shape index (κ1) is 22.2. The van der Waals surface area contributed by atoms with Gasteiger partial charge in [-0.1, -0.05) is 24.3 Å². The molecule has 2 aromatic rings. The van der Waals surface area contributed by atoms with Gasteiger partial charge in [-0.05, 0) is 24.3 Å². The van der Waals surface area contributed by atoms with Crippen molar-refractivity contribution in [1.82, 2.24) is 0 Å². The molecule has 0 bridgehead atoms. The molecular weight excluding hydrogens is 527 g/mol. The molecule has 0 unspecified atom stereocenters. The summed E-state index contributed by atoms with van der Waals surface area (Å²) in [5.74, 6) is -4.91. The standard InChI is InChI=1S/2C8H6O4.Pb/c2*9-7(10)5-3-1-2-4-6(5)8(11)12;/h2*1-4H,(H,9,10)(H,11,12);/q;;+2. The average Bonchev–Trinajstić information content (AvgIpc) is 2.55. The maximum atomic E-state index is 10.5. The summed E-state index contributed by atoms with van der Waals surface area (Å²) < 4.78 is 0. The van der Waals surface area contributed by atoms with Crippen molar-refractivity contribution in [3.63, 3.8) is 0 Å². The number of benzene rings is 2. The minimum Gasteiger partial charge on any atom is -0.478 e. The molecule has 2 rings (SSSR count). The Morgan fingerprint density at radius 3 is 0.760 bits per heavy atom. The van der Waals surface area contributed by atoms with Gasteiger partial charge in [0.25, 0.3) is 0 Å². The van der Waals surface area contributed by atoms with Crippen LogP contribution in [0.2, 0.25) is 0 Å². The molecule has 0 aliphatic heterocycles. The van der Waals surface area contributed by atoms with Crippen molar-refractivity contribution in [1.29, 1.82) is 0 Å². The zero-order chi connectivity index (χ0) is 18.3. The van der Waals surface area contributed by atoms with Gasteiger partial charge in [0.15, 0.2) is 0 Å². The molecular formula is C16H12O8Pb+2. The van der Waals surface area contributed by atoms with Crippen LogP contribution in [0.1, 0.15) is 41.4 Å². The third kappa shape index (κ3) is 6.33. The van der Waals surface area contributed by atoms with Gasteiger partial charge in [-0.3, -0.25) is 0 Å². The molecule has 0 atom stereocenters. The Morgan fingerprint density at radius 1 is 0.480 bits per heavy atom. The van der Waals surface area contributed by atoms with E-state index in [0.29, 0.717) is 0 Å². The van der Waals surface area contributed by atoms with Gasteiger partial charge in [0.2, 0.25) is 0 Å². The van der Waals surface area contributed by atoms with E-state index in [1.807, 2.05) is 0 Å². The molecule has 25 heavy (non-hydrogen) atoms. The van der Waals surface area contributed by atoms with Gasteiger partial charge in [-0.2, -0.15) is 0 Å². The number of carboxylic acids is 4. The molecule has 8 nitrogen and oxygen atoms in total. The van der Waals surface area contributed by atoms with E-state index in [0.717, 1.165) is 0 Å². The number of carbonyl (C=O) groups is 4. The summed E-state index contributed by atoms with van der Waals surface area (Å²) in [6, 6.07) is 11.0. The molecule has 2 aromatic carbocycles. The Kier molecular flexibility index (Phi) is 9.06. The predicted molar refractivity (Wildman–Crippen MR) is 86.5 cm³/mol. The van der Waals surface area contributed by atoms with Crippen molar-refractivity contribution in [2.45, 2.75) is 0 Å². The van der Waals surface area contributed by atoms with Crippen LogP contribution in [0.25, 0.3) is 0 Å². The van der Waals surface area contributed by atoms with Crippen molar-refractivity contribution < 1.29 is 39.6 Å². The first-order chi connectivity index (χ1) is 11.3. The monoisotopic (exact) mass is 540 g/mol. The van der Waals surface area contributed by atoms with E-state index in [4.69, 9.17) is 20.4 Å². The summed E-state index contributed by atoms with van der Waals surface area (Å²) in [6.45, 7) is 0. The Hall–Kier alpha value is -2.76. The third-order valence-electron chi connectivity index (χ3n) is 2.78. The second-order valence-corrected chi connectivity index (χ2v) is 4.31. The first-order valence-corrected chi connectivity index (χ1v) is 6.37. The summed E-state index contributed by atoms with van der Waals surface area (Å²) in [4.78, 5) is 41.9. The summed E-state index contributed by atoms with van der Waals surface area (Å²) in [5, 5.41) is 34.2. The van der Waals surface area contributed by atoms with E-state index in [2.05, 4.69) is 0 Å². The van der Waals surface area contributed by atoms with Crippen LogP contribution in [-0.4, -0.2) is 71.6 Å². The molecule has 2 radical (unpaired) electrons. The maximum absolute atomic E-state index is 10.5. The summed E-state index contributed by atoms with van der Waals surface area (Å²) in [5.41, 5.74) is -0.759. The fraction of sp³-hybridized carbons (Fsp3) is 0. The van der Waals surface area contributed by atoms with Crippen LogP contribution in [0.15, 0.2) is 48.5 Å². The van der Waals surface area contributed by atoms with E-state index < -0.39 is 23.9 Å². The number of carboxylic acid groups (broad SMARTS) is 4. The topological polar surface area (TPSA) is 149 Å². The maximum Gasteiger partial charge on any atom is 2.00 e. The van der Waals surface area contributed by atoms with Gasteiger partial charge in [0, 0.05) is 0 Å². The second kappa shape index (κ2) is 10.2. The zero-order valence-corrected chi connectivity index (χ0v) is 16.4. The van der Waals surface area contributed by atoms with E-state index in [1.54, 1.807) is 0 Å². The van der Waals surface area contributed by atoms with Crippen molar-refractivity contribution in [3.05, 3.63) is 70.8 Å². The number of hydrogen-bond acceptors (Lipinski definition) is 4. The Balaban J connectivity index is 0.000000443. The van der Waals surface area contributed by atoms with E-state index in [9.17, 15) is 19.2 Å². The molecule has 0 saturated carbocycles. The normalized spacial score (nSPS) is 8.96. The van der Waals surface area contributed by atoms with Crippen molar-refractivity contribution in [2.75, 3.05) is 0 Å². The van der Waals surface area contributed by atoms with Crippen molar-refractivity contribution in [3.8, 4) is 0 Å². The van der Waals surface area contributed by atoms with Gasteiger partial charge >= 0.3 is 51.2 Å². The van der Waals surface area contributed by atoms with E-state index in [-0.39, 0.29) is 49.6 Å². The number of hydrogen-bond donors (Lipinski definition) is 4. The van der Waals surface area contributed by atoms with Crippen LogP contribution in [0.4, 0.5) is 0 Å². The fourth-order valence-corrected chi connectivity index (χ4v) is 1.71. The minimum atomic E-state index is -1.23. The number of aromatic carboxylic acids is 4.